The molecule has 2 aromatic carbocycles. The molecule has 0 bridgehead atoms. The maximum atomic E-state index is 5.95. The predicted octanol–water partition coefficient (Wildman–Crippen LogP) is 6.03. The van der Waals surface area contributed by atoms with Gasteiger partial charge in [-0.15, -0.1) is 0 Å². The minimum absolute atomic E-state index is 0.693. The number of halogens is 2. The molecular weight excluding hydrogens is 361 g/mol. The molecule has 1 N–H and O–H groups in total. The fraction of sp³-hybridized carbons (Fsp3) is 0. The standard InChI is InChI=1S/C18H11Cl2N3S/c19-13-5-1-11(2-6-13)15-9-21-18-22-16(10-23(18)17(15)24)12-3-7-14(20)8-4-12/h1-10H,(H,21,22). The Balaban J connectivity index is 1.86. The van der Waals surface area contributed by atoms with Gasteiger partial charge in [-0.25, -0.2) is 4.98 Å². The Bertz CT molecular complexity index is 1080. The highest BCUT2D eigenvalue weighted by Crippen LogP contribution is 2.25. The smallest absolute Gasteiger partial charge is 0.212 e. The minimum Gasteiger partial charge on any atom is -0.323 e. The monoisotopic (exact) mass is 371 g/mol. The zero-order valence-corrected chi connectivity index (χ0v) is 14.7. The molecule has 4 aromatic rings. The normalized spacial score (nSPS) is 11.1. The molecule has 0 unspecified atom stereocenters. The molecule has 118 valence electrons. The van der Waals surface area contributed by atoms with E-state index >= 15 is 0 Å². The first kappa shape index (κ1) is 15.4. The van der Waals surface area contributed by atoms with Crippen LogP contribution < -0.4 is 0 Å². The molecule has 2 heterocycles. The molecule has 0 atom stereocenters. The Labute approximate surface area is 153 Å². The average molecular weight is 372 g/mol. The molecule has 0 aliphatic rings. The van der Waals surface area contributed by atoms with E-state index in [0.717, 1.165) is 22.4 Å². The maximum absolute atomic E-state index is 5.95. The number of nitrogens with one attached hydrogen (secondary N) is 1. The number of hydrogen-bond donors (Lipinski definition) is 1. The van der Waals surface area contributed by atoms with E-state index in [1.165, 1.54) is 0 Å². The van der Waals surface area contributed by atoms with Crippen LogP contribution in [0.1, 0.15) is 0 Å². The first-order chi connectivity index (χ1) is 11.6. The van der Waals surface area contributed by atoms with Crippen LogP contribution in [0.4, 0.5) is 0 Å². The third kappa shape index (κ3) is 2.73. The van der Waals surface area contributed by atoms with Crippen molar-refractivity contribution in [3.63, 3.8) is 0 Å². The van der Waals surface area contributed by atoms with E-state index in [0.29, 0.717) is 20.5 Å². The highest BCUT2D eigenvalue weighted by atomic mass is 35.5. The zero-order chi connectivity index (χ0) is 16.7. The summed E-state index contributed by atoms with van der Waals surface area (Å²) in [5.41, 5.74) is 3.83. The molecule has 4 rings (SSSR count). The summed E-state index contributed by atoms with van der Waals surface area (Å²) in [4.78, 5) is 7.77. The van der Waals surface area contributed by atoms with Gasteiger partial charge in [-0.1, -0.05) is 59.7 Å². The van der Waals surface area contributed by atoms with Crippen molar-refractivity contribution in [3.05, 3.63) is 75.6 Å². The van der Waals surface area contributed by atoms with Gasteiger partial charge in [0.25, 0.3) is 0 Å². The van der Waals surface area contributed by atoms with Crippen LogP contribution in [-0.2, 0) is 0 Å². The number of nitrogens with zero attached hydrogens (tertiary/aromatic N) is 2. The van der Waals surface area contributed by atoms with E-state index in [1.807, 2.05) is 59.1 Å². The summed E-state index contributed by atoms with van der Waals surface area (Å²) in [5, 5.41) is 1.40. The Kier molecular flexibility index (Phi) is 3.88. The number of rotatable bonds is 2. The minimum atomic E-state index is 0.693. The SMILES string of the molecule is S=c1c(-c2ccc(Cl)cc2)cnc2[nH]c(-c3ccc(Cl)cc3)cn12. The largest absolute Gasteiger partial charge is 0.323 e. The summed E-state index contributed by atoms with van der Waals surface area (Å²) >= 11 is 17.5. The molecule has 2 aromatic heterocycles. The lowest BCUT2D eigenvalue weighted by molar-refractivity contribution is 1.09. The molecule has 0 radical (unpaired) electrons. The van der Waals surface area contributed by atoms with Crippen LogP contribution in [-0.4, -0.2) is 14.4 Å². The number of hydrogen-bond acceptors (Lipinski definition) is 2. The number of aromatic nitrogens is 3. The van der Waals surface area contributed by atoms with E-state index in [9.17, 15) is 0 Å². The van der Waals surface area contributed by atoms with Gasteiger partial charge in [-0.3, -0.25) is 4.40 Å². The van der Waals surface area contributed by atoms with E-state index < -0.39 is 0 Å². The van der Waals surface area contributed by atoms with Gasteiger partial charge in [-0.05, 0) is 35.4 Å². The van der Waals surface area contributed by atoms with Gasteiger partial charge < -0.3 is 4.98 Å². The molecule has 0 saturated carbocycles. The highest BCUT2D eigenvalue weighted by Gasteiger charge is 2.08. The Morgan fingerprint density at radius 2 is 1.46 bits per heavy atom. The van der Waals surface area contributed by atoms with Gasteiger partial charge in [0.15, 0.2) is 0 Å². The summed E-state index contributed by atoms with van der Waals surface area (Å²) in [6, 6.07) is 15.2. The molecular formula is C18H11Cl2N3S. The van der Waals surface area contributed by atoms with Gasteiger partial charge in [0.05, 0.1) is 5.69 Å². The summed E-state index contributed by atoms with van der Waals surface area (Å²) in [5.74, 6) is 0.697. The van der Waals surface area contributed by atoms with Crippen LogP contribution in [0, 0.1) is 4.64 Å². The first-order valence-corrected chi connectivity index (χ1v) is 8.40. The van der Waals surface area contributed by atoms with Crippen LogP contribution in [0.5, 0.6) is 0 Å². The topological polar surface area (TPSA) is 33.1 Å². The second-order valence-corrected chi connectivity index (χ2v) is 6.61. The van der Waals surface area contributed by atoms with Crippen LogP contribution in [0.2, 0.25) is 10.0 Å². The number of imidazole rings is 1. The lowest BCUT2D eigenvalue weighted by atomic mass is 10.1. The molecule has 0 amide bonds. The number of fused-ring (bicyclic) bond motifs is 1. The zero-order valence-electron chi connectivity index (χ0n) is 12.3. The third-order valence-electron chi connectivity index (χ3n) is 3.81. The van der Waals surface area contributed by atoms with E-state index in [-0.39, 0.29) is 0 Å². The van der Waals surface area contributed by atoms with Gasteiger partial charge in [0.2, 0.25) is 5.78 Å². The molecule has 24 heavy (non-hydrogen) atoms. The Morgan fingerprint density at radius 3 is 2.08 bits per heavy atom. The molecule has 0 fully saturated rings. The summed E-state index contributed by atoms with van der Waals surface area (Å²) in [7, 11) is 0. The number of benzene rings is 2. The lowest BCUT2D eigenvalue weighted by Gasteiger charge is -2.03. The van der Waals surface area contributed by atoms with Crippen LogP contribution in [0.15, 0.2) is 60.9 Å². The second kappa shape index (κ2) is 6.06. The molecule has 6 heteroatoms. The van der Waals surface area contributed by atoms with Crippen molar-refractivity contribution in [2.75, 3.05) is 0 Å². The summed E-state index contributed by atoms with van der Waals surface area (Å²) in [6.45, 7) is 0. The Hall–Kier alpha value is -2.14. The quantitative estimate of drug-likeness (QED) is 0.436. The van der Waals surface area contributed by atoms with Gasteiger partial charge in [-0.2, -0.15) is 0 Å². The van der Waals surface area contributed by atoms with E-state index in [1.54, 1.807) is 6.20 Å². The molecule has 3 nitrogen and oxygen atoms in total. The Morgan fingerprint density at radius 1 is 0.875 bits per heavy atom. The number of aromatic amines is 1. The number of H-pyrrole nitrogens is 1. The van der Waals surface area contributed by atoms with Crippen molar-refractivity contribution in [2.45, 2.75) is 0 Å². The second-order valence-electron chi connectivity index (χ2n) is 5.35. The third-order valence-corrected chi connectivity index (χ3v) is 4.73. The maximum Gasteiger partial charge on any atom is 0.212 e. The lowest BCUT2D eigenvalue weighted by Crippen LogP contribution is -1.92. The van der Waals surface area contributed by atoms with E-state index in [2.05, 4.69) is 9.97 Å². The highest BCUT2D eigenvalue weighted by molar-refractivity contribution is 7.71. The van der Waals surface area contributed by atoms with Crippen LogP contribution in [0.25, 0.3) is 28.2 Å². The average Bonchev–Trinajstić information content (AvgIpc) is 3.02. The van der Waals surface area contributed by atoms with Crippen molar-refractivity contribution in [2.24, 2.45) is 0 Å². The molecule has 0 spiro atoms. The molecule has 0 aliphatic heterocycles. The van der Waals surface area contributed by atoms with Crippen molar-refractivity contribution in [3.8, 4) is 22.4 Å². The fourth-order valence-electron chi connectivity index (χ4n) is 2.57. The molecule has 0 saturated heterocycles. The van der Waals surface area contributed by atoms with Crippen molar-refractivity contribution < 1.29 is 0 Å². The summed E-state index contributed by atoms with van der Waals surface area (Å²) < 4.78 is 2.57. The first-order valence-electron chi connectivity index (χ1n) is 7.24. The molecule has 0 aliphatic carbocycles. The van der Waals surface area contributed by atoms with E-state index in [4.69, 9.17) is 35.4 Å². The van der Waals surface area contributed by atoms with Gasteiger partial charge in [0.1, 0.15) is 4.64 Å². The van der Waals surface area contributed by atoms with Gasteiger partial charge >= 0.3 is 0 Å². The van der Waals surface area contributed by atoms with Gasteiger partial charge in [0, 0.05) is 28.0 Å². The predicted molar refractivity (Wildman–Crippen MR) is 101 cm³/mol. The fourth-order valence-corrected chi connectivity index (χ4v) is 3.13. The van der Waals surface area contributed by atoms with Crippen molar-refractivity contribution in [1.82, 2.24) is 14.4 Å². The van der Waals surface area contributed by atoms with Crippen molar-refractivity contribution in [1.29, 1.82) is 0 Å². The van der Waals surface area contributed by atoms with Crippen molar-refractivity contribution >= 4 is 41.2 Å². The summed E-state index contributed by atoms with van der Waals surface area (Å²) in [6.07, 6.45) is 3.73. The van der Waals surface area contributed by atoms with Crippen LogP contribution >= 0.6 is 35.4 Å². The van der Waals surface area contributed by atoms with Crippen LogP contribution in [0.3, 0.4) is 0 Å².